The summed E-state index contributed by atoms with van der Waals surface area (Å²) in [6.45, 7) is 0. The SMILES string of the molecule is O=C1OC(=O)c2ccc(N(c3ccccc3)c3ccc4ccc5cccc6ccc3c4c56)c3cccc1c23. The van der Waals surface area contributed by atoms with Gasteiger partial charge in [0, 0.05) is 21.8 Å². The van der Waals surface area contributed by atoms with E-state index in [2.05, 4.69) is 71.6 Å². The Morgan fingerprint density at radius 3 is 1.79 bits per heavy atom. The van der Waals surface area contributed by atoms with E-state index in [1.807, 2.05) is 36.4 Å². The molecule has 4 nitrogen and oxygen atoms in total. The van der Waals surface area contributed by atoms with Crippen molar-refractivity contribution in [3.05, 3.63) is 126 Å². The van der Waals surface area contributed by atoms with Gasteiger partial charge in [0.1, 0.15) is 0 Å². The summed E-state index contributed by atoms with van der Waals surface area (Å²) in [5.74, 6) is -1.22. The first-order valence-corrected chi connectivity index (χ1v) is 12.5. The second kappa shape index (κ2) is 7.64. The summed E-state index contributed by atoms with van der Waals surface area (Å²) in [6.07, 6.45) is 0. The minimum Gasteiger partial charge on any atom is -0.386 e. The fraction of sp³-hybridized carbons (Fsp3) is 0. The van der Waals surface area contributed by atoms with E-state index in [0.29, 0.717) is 16.5 Å². The summed E-state index contributed by atoms with van der Waals surface area (Å²) in [5.41, 5.74) is 3.69. The van der Waals surface area contributed by atoms with Gasteiger partial charge in [0.2, 0.25) is 0 Å². The fourth-order valence-electron chi connectivity index (χ4n) is 6.02. The molecule has 0 fully saturated rings. The number of hydrogen-bond donors (Lipinski definition) is 0. The lowest BCUT2D eigenvalue weighted by Gasteiger charge is -2.29. The van der Waals surface area contributed by atoms with Crippen LogP contribution in [0.15, 0.2) is 115 Å². The highest BCUT2D eigenvalue weighted by molar-refractivity contribution is 6.27. The molecule has 0 saturated carbocycles. The Balaban J connectivity index is 1.50. The Hall–Kier alpha value is -5.22. The van der Waals surface area contributed by atoms with E-state index in [4.69, 9.17) is 4.74 Å². The Morgan fingerprint density at radius 2 is 1.03 bits per heavy atom. The van der Waals surface area contributed by atoms with Crippen molar-refractivity contribution in [1.29, 1.82) is 0 Å². The molecule has 1 aliphatic rings. The average Bonchev–Trinajstić information content (AvgIpc) is 2.96. The molecule has 0 amide bonds. The predicted octanol–water partition coefficient (Wildman–Crippen LogP) is 8.52. The van der Waals surface area contributed by atoms with Crippen molar-refractivity contribution in [2.24, 2.45) is 0 Å². The molecule has 178 valence electrons. The quantitative estimate of drug-likeness (QED) is 0.142. The fourth-order valence-corrected chi connectivity index (χ4v) is 6.02. The van der Waals surface area contributed by atoms with Crippen LogP contribution >= 0.6 is 0 Å². The second-order valence-corrected chi connectivity index (χ2v) is 9.65. The number of para-hydroxylation sites is 1. The van der Waals surface area contributed by atoms with Crippen LogP contribution in [0.2, 0.25) is 0 Å². The highest BCUT2D eigenvalue weighted by atomic mass is 16.6. The topological polar surface area (TPSA) is 46.6 Å². The van der Waals surface area contributed by atoms with Gasteiger partial charge in [0.25, 0.3) is 0 Å². The molecule has 0 aliphatic carbocycles. The van der Waals surface area contributed by atoms with Gasteiger partial charge in [-0.25, -0.2) is 9.59 Å². The minimum atomic E-state index is -0.612. The first-order chi connectivity index (χ1) is 18.7. The zero-order chi connectivity index (χ0) is 25.4. The molecule has 0 radical (unpaired) electrons. The van der Waals surface area contributed by atoms with Crippen molar-refractivity contribution in [2.75, 3.05) is 4.90 Å². The summed E-state index contributed by atoms with van der Waals surface area (Å²) < 4.78 is 5.00. The predicted molar refractivity (Wildman–Crippen MR) is 152 cm³/mol. The summed E-state index contributed by atoms with van der Waals surface area (Å²) in [5, 5.41) is 8.66. The summed E-state index contributed by atoms with van der Waals surface area (Å²) >= 11 is 0. The Bertz CT molecular complexity index is 2060. The van der Waals surface area contributed by atoms with Gasteiger partial charge >= 0.3 is 11.9 Å². The van der Waals surface area contributed by atoms with Gasteiger partial charge in [-0.15, -0.1) is 0 Å². The summed E-state index contributed by atoms with van der Waals surface area (Å²) in [4.78, 5) is 27.5. The molecular formula is C34H19NO3. The van der Waals surface area contributed by atoms with Crippen molar-refractivity contribution in [1.82, 2.24) is 0 Å². The first-order valence-electron chi connectivity index (χ1n) is 12.5. The van der Waals surface area contributed by atoms with Crippen LogP contribution in [0, 0.1) is 0 Å². The van der Waals surface area contributed by atoms with E-state index >= 15 is 0 Å². The standard InChI is InChI=1S/C34H19NO3/c36-33-26-11-5-10-24-29(19-17-27(32(24)26)34(37)38-33)35(23-8-2-1-3-9-23)28-18-15-22-13-12-20-6-4-7-21-14-16-25(28)31(22)30(20)21/h1-19H. The molecule has 4 heteroatoms. The minimum absolute atomic E-state index is 0.405. The van der Waals surface area contributed by atoms with Crippen LogP contribution in [0.5, 0.6) is 0 Å². The van der Waals surface area contributed by atoms with Crippen LogP contribution in [0.3, 0.4) is 0 Å². The molecule has 8 rings (SSSR count). The number of cyclic esters (lactones) is 2. The van der Waals surface area contributed by atoms with Crippen molar-refractivity contribution < 1.29 is 14.3 Å². The van der Waals surface area contributed by atoms with Crippen LogP contribution in [-0.4, -0.2) is 11.9 Å². The molecule has 0 saturated heterocycles. The molecule has 0 unspecified atom stereocenters. The summed E-state index contributed by atoms with van der Waals surface area (Å²) in [6, 6.07) is 38.9. The van der Waals surface area contributed by atoms with Gasteiger partial charge in [-0.1, -0.05) is 78.9 Å². The van der Waals surface area contributed by atoms with Crippen LogP contribution in [0.25, 0.3) is 43.1 Å². The van der Waals surface area contributed by atoms with Gasteiger partial charge in [-0.2, -0.15) is 0 Å². The van der Waals surface area contributed by atoms with E-state index in [-0.39, 0.29) is 0 Å². The lowest BCUT2D eigenvalue weighted by molar-refractivity contribution is 0.0391. The normalized spacial score (nSPS) is 13.1. The Labute approximate surface area is 217 Å². The number of anilines is 3. The lowest BCUT2D eigenvalue weighted by Crippen LogP contribution is -2.20. The lowest BCUT2D eigenvalue weighted by atomic mass is 9.92. The van der Waals surface area contributed by atoms with Crippen LogP contribution < -0.4 is 4.90 Å². The van der Waals surface area contributed by atoms with Crippen molar-refractivity contribution in [3.63, 3.8) is 0 Å². The average molecular weight is 490 g/mol. The van der Waals surface area contributed by atoms with Crippen LogP contribution in [0.4, 0.5) is 17.1 Å². The maximum atomic E-state index is 12.6. The third kappa shape index (κ3) is 2.80. The molecule has 38 heavy (non-hydrogen) atoms. The summed E-state index contributed by atoms with van der Waals surface area (Å²) in [7, 11) is 0. The molecular weight excluding hydrogens is 470 g/mol. The molecule has 7 aromatic rings. The number of carbonyl (C=O) groups is 2. The van der Waals surface area contributed by atoms with E-state index in [1.54, 1.807) is 12.1 Å². The number of nitrogens with zero attached hydrogens (tertiary/aromatic N) is 1. The second-order valence-electron chi connectivity index (χ2n) is 9.65. The number of esters is 2. The third-order valence-electron chi connectivity index (χ3n) is 7.64. The zero-order valence-electron chi connectivity index (χ0n) is 20.1. The molecule has 1 aliphatic heterocycles. The molecule has 0 N–H and O–H groups in total. The number of carbonyl (C=O) groups excluding carboxylic acids is 2. The molecule has 7 aromatic carbocycles. The maximum Gasteiger partial charge on any atom is 0.346 e. The molecule has 0 aromatic heterocycles. The van der Waals surface area contributed by atoms with Crippen LogP contribution in [0.1, 0.15) is 20.7 Å². The highest BCUT2D eigenvalue weighted by Crippen LogP contribution is 2.46. The zero-order valence-corrected chi connectivity index (χ0v) is 20.1. The van der Waals surface area contributed by atoms with E-state index in [9.17, 15) is 9.59 Å². The Morgan fingerprint density at radius 1 is 0.447 bits per heavy atom. The number of benzene rings is 7. The van der Waals surface area contributed by atoms with E-state index < -0.39 is 11.9 Å². The van der Waals surface area contributed by atoms with Gasteiger partial charge in [0.15, 0.2) is 0 Å². The largest absolute Gasteiger partial charge is 0.386 e. The number of ether oxygens (including phenoxy) is 1. The first kappa shape index (κ1) is 20.9. The van der Waals surface area contributed by atoms with Gasteiger partial charge in [-0.05, 0) is 63.3 Å². The van der Waals surface area contributed by atoms with Crippen molar-refractivity contribution in [2.45, 2.75) is 0 Å². The number of rotatable bonds is 3. The highest BCUT2D eigenvalue weighted by Gasteiger charge is 2.29. The van der Waals surface area contributed by atoms with E-state index in [1.165, 1.54) is 26.9 Å². The Kier molecular flexibility index (Phi) is 4.21. The van der Waals surface area contributed by atoms with Gasteiger partial charge in [0.05, 0.1) is 22.5 Å². The van der Waals surface area contributed by atoms with E-state index in [0.717, 1.165) is 27.8 Å². The van der Waals surface area contributed by atoms with Gasteiger partial charge in [-0.3, -0.25) is 0 Å². The maximum absolute atomic E-state index is 12.6. The monoisotopic (exact) mass is 489 g/mol. The smallest absolute Gasteiger partial charge is 0.346 e. The number of hydrogen-bond acceptors (Lipinski definition) is 4. The van der Waals surface area contributed by atoms with Crippen molar-refractivity contribution in [3.8, 4) is 0 Å². The molecule has 0 spiro atoms. The van der Waals surface area contributed by atoms with Crippen molar-refractivity contribution >= 4 is 72.1 Å². The molecule has 1 heterocycles. The molecule has 0 atom stereocenters. The third-order valence-corrected chi connectivity index (χ3v) is 7.64. The van der Waals surface area contributed by atoms with Gasteiger partial charge < -0.3 is 9.64 Å². The molecule has 0 bridgehead atoms. The van der Waals surface area contributed by atoms with Crippen LogP contribution in [-0.2, 0) is 4.74 Å².